The minimum Gasteiger partial charge on any atom is -0.443 e. The summed E-state index contributed by atoms with van der Waals surface area (Å²) in [6.45, 7) is 7.53. The van der Waals surface area contributed by atoms with Gasteiger partial charge in [0.2, 0.25) is 10.0 Å². The Morgan fingerprint density at radius 2 is 1.97 bits per heavy atom. The molecule has 0 saturated heterocycles. The first-order valence-electron chi connectivity index (χ1n) is 12.6. The molecule has 0 aromatic carbocycles. The maximum Gasteiger partial charge on any atom is 0.419 e. The molecule has 0 fully saturated rings. The zero-order chi connectivity index (χ0) is 27.2. The van der Waals surface area contributed by atoms with Crippen LogP contribution in [0.1, 0.15) is 48.8 Å². The highest BCUT2D eigenvalue weighted by Crippen LogP contribution is 2.32. The van der Waals surface area contributed by atoms with Crippen molar-refractivity contribution in [3.05, 3.63) is 52.7 Å². The average Bonchev–Trinajstić information content (AvgIpc) is 3.37. The lowest BCUT2D eigenvalue weighted by atomic mass is 10.0. The summed E-state index contributed by atoms with van der Waals surface area (Å²) in [6.07, 6.45) is 7.24. The molecule has 0 N–H and O–H groups in total. The van der Waals surface area contributed by atoms with E-state index in [1.807, 2.05) is 45.1 Å². The van der Waals surface area contributed by atoms with E-state index in [0.717, 1.165) is 33.5 Å². The molecule has 0 saturated carbocycles. The van der Waals surface area contributed by atoms with E-state index in [1.165, 1.54) is 11.7 Å². The molecule has 2 aliphatic rings. The molecule has 3 aromatic heterocycles. The summed E-state index contributed by atoms with van der Waals surface area (Å²) in [5, 5.41) is 7.59. The predicted octanol–water partition coefficient (Wildman–Crippen LogP) is 2.84. The van der Waals surface area contributed by atoms with Crippen molar-refractivity contribution in [3.63, 3.8) is 0 Å². The molecule has 5 heterocycles. The molecule has 11 nitrogen and oxygen atoms in total. The molecule has 204 valence electrons. The number of carbonyl (C=O) groups is 1. The number of ether oxygens (including phenoxy) is 2. The van der Waals surface area contributed by atoms with Crippen molar-refractivity contribution < 1.29 is 22.7 Å². The second-order valence-electron chi connectivity index (χ2n) is 10.7. The Labute approximate surface area is 222 Å². The quantitative estimate of drug-likeness (QED) is 0.471. The van der Waals surface area contributed by atoms with E-state index in [1.54, 1.807) is 22.9 Å². The summed E-state index contributed by atoms with van der Waals surface area (Å²) in [5.74, 6) is -0.0232. The van der Waals surface area contributed by atoms with Crippen LogP contribution in [-0.4, -0.2) is 75.8 Å². The molecule has 0 bridgehead atoms. The van der Waals surface area contributed by atoms with Gasteiger partial charge < -0.3 is 14.0 Å². The van der Waals surface area contributed by atoms with E-state index >= 15 is 0 Å². The number of hydrogen-bond acceptors (Lipinski definition) is 8. The molecule has 2 aliphatic heterocycles. The smallest absolute Gasteiger partial charge is 0.419 e. The fraction of sp³-hybridized carbons (Fsp3) is 0.500. The number of carbonyl (C=O) groups excluding carboxylic acids is 1. The summed E-state index contributed by atoms with van der Waals surface area (Å²) in [7, 11) is 0.104. The maximum atomic E-state index is 12.9. The number of hydrogen-bond donors (Lipinski definition) is 0. The van der Waals surface area contributed by atoms with Crippen molar-refractivity contribution in [2.45, 2.75) is 52.4 Å². The highest BCUT2D eigenvalue weighted by molar-refractivity contribution is 7.89. The monoisotopic (exact) mass is 542 g/mol. The van der Waals surface area contributed by atoms with Gasteiger partial charge in [0.15, 0.2) is 0 Å². The zero-order valence-corrected chi connectivity index (χ0v) is 23.3. The number of rotatable bonds is 6. The van der Waals surface area contributed by atoms with E-state index in [0.29, 0.717) is 38.1 Å². The molecular formula is C26H34N6O5S. The van der Waals surface area contributed by atoms with Crippen LogP contribution in [0.3, 0.4) is 0 Å². The van der Waals surface area contributed by atoms with Crippen LogP contribution < -0.4 is 0 Å². The van der Waals surface area contributed by atoms with Gasteiger partial charge in [-0.05, 0) is 44.4 Å². The van der Waals surface area contributed by atoms with Gasteiger partial charge in [-0.15, -0.1) is 0 Å². The first kappa shape index (κ1) is 26.4. The Bertz CT molecular complexity index is 1510. The number of hydrazone groups is 1. The van der Waals surface area contributed by atoms with Gasteiger partial charge >= 0.3 is 6.09 Å². The van der Waals surface area contributed by atoms with Crippen LogP contribution in [0.2, 0.25) is 0 Å². The Morgan fingerprint density at radius 1 is 1.18 bits per heavy atom. The molecule has 12 heteroatoms. The standard InChI is InChI=1S/C26H34N6O5S/c1-26(2,3)37-25(33)32-15-18(19-6-8-27-13-22(19)32)14-30-16-23-21(12-28-30)20-7-9-31(17-24(20)29(23)4)38(34,35)11-10-36-5/h6,8,12-13,15H,7,9-11,14,16-17H2,1-5H3. The highest BCUT2D eigenvalue weighted by atomic mass is 32.2. The molecule has 0 radical (unpaired) electrons. The van der Waals surface area contributed by atoms with Crippen molar-refractivity contribution in [1.29, 1.82) is 0 Å². The van der Waals surface area contributed by atoms with Crippen molar-refractivity contribution in [1.82, 2.24) is 23.4 Å². The van der Waals surface area contributed by atoms with Gasteiger partial charge in [0.1, 0.15) is 5.60 Å². The Kier molecular flexibility index (Phi) is 6.82. The number of pyridine rings is 1. The van der Waals surface area contributed by atoms with Gasteiger partial charge in [0.25, 0.3) is 0 Å². The summed E-state index contributed by atoms with van der Waals surface area (Å²) in [4.78, 5) is 17.1. The number of methoxy groups -OCH3 is 1. The van der Waals surface area contributed by atoms with E-state index in [9.17, 15) is 13.2 Å². The third-order valence-corrected chi connectivity index (χ3v) is 8.77. The minimum absolute atomic E-state index is 0.0232. The predicted molar refractivity (Wildman–Crippen MR) is 143 cm³/mol. The SMILES string of the molecule is COCCS(=O)(=O)N1CCc2c3c(n(C)c2C1)CN(Cc1cn(C(=O)OC(C)(C)C)c2cnccc12)N=C3. The molecule has 3 aromatic rings. The Morgan fingerprint density at radius 3 is 2.71 bits per heavy atom. The first-order valence-corrected chi connectivity index (χ1v) is 14.2. The van der Waals surface area contributed by atoms with Crippen molar-refractivity contribution in [2.24, 2.45) is 12.1 Å². The molecule has 0 aliphatic carbocycles. The minimum atomic E-state index is -3.39. The van der Waals surface area contributed by atoms with E-state index < -0.39 is 21.7 Å². The molecule has 0 atom stereocenters. The number of aromatic nitrogens is 3. The van der Waals surface area contributed by atoms with E-state index in [4.69, 9.17) is 14.6 Å². The van der Waals surface area contributed by atoms with Gasteiger partial charge in [0, 0.05) is 55.4 Å². The van der Waals surface area contributed by atoms with Crippen molar-refractivity contribution >= 4 is 33.2 Å². The van der Waals surface area contributed by atoms with Crippen LogP contribution in [0.25, 0.3) is 10.9 Å². The summed E-state index contributed by atoms with van der Waals surface area (Å²) in [6, 6.07) is 1.89. The van der Waals surface area contributed by atoms with Crippen LogP contribution >= 0.6 is 0 Å². The first-order chi connectivity index (χ1) is 18.0. The van der Waals surface area contributed by atoms with Crippen molar-refractivity contribution in [3.8, 4) is 0 Å². The third-order valence-electron chi connectivity index (χ3n) is 6.99. The highest BCUT2D eigenvalue weighted by Gasteiger charge is 2.33. The summed E-state index contributed by atoms with van der Waals surface area (Å²) in [5.41, 5.74) is 5.34. The third kappa shape index (κ3) is 4.95. The van der Waals surface area contributed by atoms with Gasteiger partial charge in [-0.3, -0.25) is 14.6 Å². The molecule has 0 spiro atoms. The lowest BCUT2D eigenvalue weighted by Gasteiger charge is -2.27. The fourth-order valence-corrected chi connectivity index (χ4v) is 6.44. The molecule has 5 rings (SSSR count). The lowest BCUT2D eigenvalue weighted by molar-refractivity contribution is 0.0544. The van der Waals surface area contributed by atoms with E-state index in [-0.39, 0.29) is 12.4 Å². The largest absolute Gasteiger partial charge is 0.443 e. The van der Waals surface area contributed by atoms with Crippen LogP contribution in [-0.2, 0) is 52.6 Å². The number of nitrogens with zero attached hydrogens (tertiary/aromatic N) is 6. The molecule has 38 heavy (non-hydrogen) atoms. The lowest BCUT2D eigenvalue weighted by Crippen LogP contribution is -2.38. The van der Waals surface area contributed by atoms with Crippen molar-refractivity contribution in [2.75, 3.05) is 26.0 Å². The van der Waals surface area contributed by atoms with Crippen LogP contribution in [0, 0.1) is 0 Å². The van der Waals surface area contributed by atoms with Gasteiger partial charge in [-0.2, -0.15) is 9.41 Å². The number of sulfonamides is 1. The molecule has 0 unspecified atom stereocenters. The summed E-state index contributed by atoms with van der Waals surface area (Å²) < 4.78 is 41.3. The van der Waals surface area contributed by atoms with Gasteiger partial charge in [0.05, 0.1) is 49.9 Å². The van der Waals surface area contributed by atoms with Crippen LogP contribution in [0.15, 0.2) is 29.8 Å². The molecule has 0 amide bonds. The maximum absolute atomic E-state index is 12.9. The Hall–Kier alpha value is -3.22. The fourth-order valence-electron chi connectivity index (χ4n) is 5.12. The normalized spacial score (nSPS) is 16.1. The van der Waals surface area contributed by atoms with Gasteiger partial charge in [-0.25, -0.2) is 13.2 Å². The van der Waals surface area contributed by atoms with Crippen LogP contribution in [0.4, 0.5) is 4.79 Å². The summed E-state index contributed by atoms with van der Waals surface area (Å²) >= 11 is 0. The number of fused-ring (bicyclic) bond motifs is 4. The molecular weight excluding hydrogens is 508 g/mol. The Balaban J connectivity index is 1.38. The zero-order valence-electron chi connectivity index (χ0n) is 22.5. The van der Waals surface area contributed by atoms with Gasteiger partial charge in [-0.1, -0.05) is 0 Å². The second-order valence-corrected chi connectivity index (χ2v) is 12.8. The second kappa shape index (κ2) is 9.83. The van der Waals surface area contributed by atoms with Crippen LogP contribution in [0.5, 0.6) is 0 Å². The average molecular weight is 543 g/mol. The van der Waals surface area contributed by atoms with E-state index in [2.05, 4.69) is 9.55 Å². The topological polar surface area (TPSA) is 111 Å².